The Morgan fingerprint density at radius 1 is 1.40 bits per heavy atom. The van der Waals surface area contributed by atoms with Gasteiger partial charge in [-0.1, -0.05) is 5.16 Å². The average molecular weight is 280 g/mol. The Hall–Kier alpha value is -1.95. The van der Waals surface area contributed by atoms with Crippen LogP contribution in [-0.2, 0) is 4.74 Å². The quantitative estimate of drug-likeness (QED) is 0.371. The van der Waals surface area contributed by atoms with Gasteiger partial charge in [0.1, 0.15) is 18.1 Å². The summed E-state index contributed by atoms with van der Waals surface area (Å²) in [5, 5.41) is 11.7. The molecular formula is C14H20N2O4. The highest BCUT2D eigenvalue weighted by atomic mass is 16.5. The van der Waals surface area contributed by atoms with Gasteiger partial charge in [-0.15, -0.1) is 0 Å². The average Bonchev–Trinajstić information content (AvgIpc) is 2.52. The van der Waals surface area contributed by atoms with Crippen LogP contribution in [0.1, 0.15) is 24.8 Å². The van der Waals surface area contributed by atoms with Gasteiger partial charge in [-0.2, -0.15) is 0 Å². The fourth-order valence-corrected chi connectivity index (χ4v) is 2.11. The third-order valence-corrected chi connectivity index (χ3v) is 3.23. The Kier molecular flexibility index (Phi) is 5.06. The number of amidine groups is 1. The molecule has 0 aromatic heterocycles. The summed E-state index contributed by atoms with van der Waals surface area (Å²) < 4.78 is 16.5. The zero-order valence-electron chi connectivity index (χ0n) is 11.5. The van der Waals surface area contributed by atoms with Crippen molar-refractivity contribution in [3.8, 4) is 11.5 Å². The molecule has 1 aliphatic rings. The molecule has 6 heteroatoms. The van der Waals surface area contributed by atoms with E-state index in [2.05, 4.69) is 5.16 Å². The molecule has 1 fully saturated rings. The smallest absolute Gasteiger partial charge is 0.170 e. The van der Waals surface area contributed by atoms with Crippen LogP contribution >= 0.6 is 0 Å². The Balaban J connectivity index is 2.05. The highest BCUT2D eigenvalue weighted by Gasteiger charge is 2.15. The van der Waals surface area contributed by atoms with Crippen LogP contribution in [0.2, 0.25) is 0 Å². The van der Waals surface area contributed by atoms with Crippen molar-refractivity contribution < 1.29 is 19.4 Å². The Morgan fingerprint density at radius 2 is 2.20 bits per heavy atom. The molecule has 1 heterocycles. The first-order chi connectivity index (χ1) is 9.72. The molecule has 0 spiro atoms. The topological polar surface area (TPSA) is 86.3 Å². The van der Waals surface area contributed by atoms with E-state index in [1.165, 1.54) is 6.42 Å². The minimum atomic E-state index is 0.0164. The maximum atomic E-state index is 8.74. The second-order valence-electron chi connectivity index (χ2n) is 4.68. The van der Waals surface area contributed by atoms with Gasteiger partial charge < -0.3 is 25.2 Å². The van der Waals surface area contributed by atoms with Gasteiger partial charge in [0.2, 0.25) is 0 Å². The van der Waals surface area contributed by atoms with Crippen molar-refractivity contribution >= 4 is 5.84 Å². The first-order valence-electron chi connectivity index (χ1n) is 6.64. The number of nitrogens with two attached hydrogens (primary N) is 1. The summed E-state index contributed by atoms with van der Waals surface area (Å²) in [4.78, 5) is 0. The maximum absolute atomic E-state index is 8.74. The normalized spacial score (nSPS) is 19.6. The molecule has 1 atom stereocenters. The van der Waals surface area contributed by atoms with Gasteiger partial charge in [-0.3, -0.25) is 0 Å². The van der Waals surface area contributed by atoms with Crippen LogP contribution in [-0.4, -0.2) is 37.5 Å². The number of benzene rings is 1. The summed E-state index contributed by atoms with van der Waals surface area (Å²) >= 11 is 0. The zero-order valence-corrected chi connectivity index (χ0v) is 11.5. The lowest BCUT2D eigenvalue weighted by Gasteiger charge is -2.22. The predicted octanol–water partition coefficient (Wildman–Crippen LogP) is 1.74. The van der Waals surface area contributed by atoms with Crippen molar-refractivity contribution in [1.82, 2.24) is 0 Å². The summed E-state index contributed by atoms with van der Waals surface area (Å²) in [6.45, 7) is 1.28. The molecule has 0 radical (unpaired) electrons. The lowest BCUT2D eigenvalue weighted by Crippen LogP contribution is -2.25. The number of hydrogen-bond donors (Lipinski definition) is 2. The molecule has 0 aliphatic carbocycles. The van der Waals surface area contributed by atoms with Gasteiger partial charge in [0.25, 0.3) is 0 Å². The second kappa shape index (κ2) is 7.00. The number of methoxy groups -OCH3 is 1. The molecule has 1 saturated heterocycles. The van der Waals surface area contributed by atoms with Crippen LogP contribution in [0.4, 0.5) is 0 Å². The van der Waals surface area contributed by atoms with Gasteiger partial charge in [0.05, 0.1) is 13.2 Å². The van der Waals surface area contributed by atoms with Crippen LogP contribution in [0.25, 0.3) is 0 Å². The minimum absolute atomic E-state index is 0.0164. The van der Waals surface area contributed by atoms with E-state index >= 15 is 0 Å². The SMILES string of the molecule is COc1cc(OCC2CCCCO2)cc(/C(N)=N/O)c1. The van der Waals surface area contributed by atoms with Crippen LogP contribution in [0.15, 0.2) is 23.4 Å². The zero-order chi connectivity index (χ0) is 14.4. The Morgan fingerprint density at radius 3 is 2.85 bits per heavy atom. The summed E-state index contributed by atoms with van der Waals surface area (Å²) in [6, 6.07) is 5.15. The lowest BCUT2D eigenvalue weighted by molar-refractivity contribution is -0.0111. The summed E-state index contributed by atoms with van der Waals surface area (Å²) in [5.41, 5.74) is 6.14. The molecule has 1 aromatic rings. The van der Waals surface area contributed by atoms with Crippen LogP contribution in [0, 0.1) is 0 Å². The first-order valence-corrected chi connectivity index (χ1v) is 6.64. The number of ether oxygens (including phenoxy) is 3. The molecule has 2 rings (SSSR count). The van der Waals surface area contributed by atoms with E-state index in [0.717, 1.165) is 19.4 Å². The van der Waals surface area contributed by atoms with Gasteiger partial charge >= 0.3 is 0 Å². The Labute approximate surface area is 118 Å². The maximum Gasteiger partial charge on any atom is 0.170 e. The molecule has 1 unspecified atom stereocenters. The van der Waals surface area contributed by atoms with Gasteiger partial charge in [-0.05, 0) is 31.4 Å². The van der Waals surface area contributed by atoms with E-state index in [1.54, 1.807) is 25.3 Å². The fraction of sp³-hybridized carbons (Fsp3) is 0.500. The molecule has 1 aliphatic heterocycles. The van der Waals surface area contributed by atoms with E-state index in [1.807, 2.05) is 0 Å². The van der Waals surface area contributed by atoms with Crippen molar-refractivity contribution in [3.63, 3.8) is 0 Å². The summed E-state index contributed by atoms with van der Waals surface area (Å²) in [7, 11) is 1.55. The standard InChI is InChI=1S/C14H20N2O4/c1-18-12-6-10(14(15)16-17)7-13(8-12)20-9-11-4-2-3-5-19-11/h6-8,11,17H,2-5,9H2,1H3,(H2,15,16). The Bertz CT molecular complexity index is 470. The van der Waals surface area contributed by atoms with Crippen LogP contribution < -0.4 is 15.2 Å². The highest BCUT2D eigenvalue weighted by molar-refractivity contribution is 5.97. The molecular weight excluding hydrogens is 260 g/mol. The number of nitrogens with zero attached hydrogens (tertiary/aromatic N) is 1. The molecule has 0 amide bonds. The van der Waals surface area contributed by atoms with Crippen molar-refractivity contribution in [1.29, 1.82) is 0 Å². The molecule has 0 bridgehead atoms. The monoisotopic (exact) mass is 280 g/mol. The van der Waals surface area contributed by atoms with Gasteiger partial charge in [0, 0.05) is 18.2 Å². The molecule has 20 heavy (non-hydrogen) atoms. The third-order valence-electron chi connectivity index (χ3n) is 3.23. The highest BCUT2D eigenvalue weighted by Crippen LogP contribution is 2.23. The fourth-order valence-electron chi connectivity index (χ4n) is 2.11. The van der Waals surface area contributed by atoms with E-state index in [-0.39, 0.29) is 11.9 Å². The van der Waals surface area contributed by atoms with E-state index < -0.39 is 0 Å². The van der Waals surface area contributed by atoms with E-state index in [4.69, 9.17) is 25.2 Å². The minimum Gasteiger partial charge on any atom is -0.497 e. The van der Waals surface area contributed by atoms with Gasteiger partial charge in [-0.25, -0.2) is 0 Å². The summed E-state index contributed by atoms with van der Waals surface area (Å²) in [5.74, 6) is 1.22. The molecule has 110 valence electrons. The summed E-state index contributed by atoms with van der Waals surface area (Å²) in [6.07, 6.45) is 3.42. The van der Waals surface area contributed by atoms with Crippen LogP contribution in [0.3, 0.4) is 0 Å². The largest absolute Gasteiger partial charge is 0.497 e. The van der Waals surface area contributed by atoms with E-state index in [0.29, 0.717) is 23.7 Å². The van der Waals surface area contributed by atoms with Crippen molar-refractivity contribution in [2.75, 3.05) is 20.3 Å². The number of rotatable bonds is 5. The van der Waals surface area contributed by atoms with Crippen molar-refractivity contribution in [2.45, 2.75) is 25.4 Å². The molecule has 1 aromatic carbocycles. The van der Waals surface area contributed by atoms with Crippen LogP contribution in [0.5, 0.6) is 11.5 Å². The van der Waals surface area contributed by atoms with E-state index in [9.17, 15) is 0 Å². The van der Waals surface area contributed by atoms with Crippen molar-refractivity contribution in [2.24, 2.45) is 10.9 Å². The predicted molar refractivity (Wildman–Crippen MR) is 74.6 cm³/mol. The van der Waals surface area contributed by atoms with Gasteiger partial charge in [0.15, 0.2) is 5.84 Å². The first kappa shape index (κ1) is 14.5. The van der Waals surface area contributed by atoms with Crippen molar-refractivity contribution in [3.05, 3.63) is 23.8 Å². The molecule has 3 N–H and O–H groups in total. The number of hydrogen-bond acceptors (Lipinski definition) is 5. The molecule has 0 saturated carbocycles. The molecule has 6 nitrogen and oxygen atoms in total. The lowest BCUT2D eigenvalue weighted by atomic mass is 10.1. The third kappa shape index (κ3) is 3.77. The number of oxime groups is 1. The second-order valence-corrected chi connectivity index (χ2v) is 4.68.